The Morgan fingerprint density at radius 2 is 1.85 bits per heavy atom. The van der Waals surface area contributed by atoms with Gasteiger partial charge in [-0.1, -0.05) is 29.0 Å². The zero-order valence-electron chi connectivity index (χ0n) is 14.7. The first-order valence-electron chi connectivity index (χ1n) is 8.63. The van der Waals surface area contributed by atoms with Gasteiger partial charge in [-0.25, -0.2) is 14.2 Å². The summed E-state index contributed by atoms with van der Waals surface area (Å²) in [7, 11) is 0. The van der Waals surface area contributed by atoms with Crippen LogP contribution in [0.1, 0.15) is 5.56 Å². The number of thiazole rings is 1. The van der Waals surface area contributed by atoms with E-state index < -0.39 is 0 Å². The zero-order valence-corrected chi connectivity index (χ0v) is 16.3. The van der Waals surface area contributed by atoms with Crippen LogP contribution in [0.2, 0.25) is 5.02 Å². The van der Waals surface area contributed by atoms with Crippen molar-refractivity contribution in [3.8, 4) is 0 Å². The van der Waals surface area contributed by atoms with Crippen molar-refractivity contribution in [1.29, 1.82) is 0 Å². The van der Waals surface area contributed by atoms with Crippen molar-refractivity contribution in [2.45, 2.75) is 6.92 Å². The average Bonchev–Trinajstić information content (AvgIpc) is 3.14. The first-order chi connectivity index (χ1) is 13.0. The average molecular weight is 405 g/mol. The second-order valence-corrected chi connectivity index (χ2v) is 7.83. The van der Waals surface area contributed by atoms with Gasteiger partial charge in [0, 0.05) is 31.9 Å². The number of aromatic nitrogens is 1. The third kappa shape index (κ3) is 3.70. The minimum Gasteiger partial charge on any atom is -0.345 e. The van der Waals surface area contributed by atoms with E-state index >= 15 is 0 Å². The fraction of sp³-hybridized carbons (Fsp3) is 0.263. The Morgan fingerprint density at radius 1 is 1.15 bits per heavy atom. The summed E-state index contributed by atoms with van der Waals surface area (Å²) >= 11 is 7.89. The summed E-state index contributed by atoms with van der Waals surface area (Å²) in [5.41, 5.74) is 2.63. The Kier molecular flexibility index (Phi) is 4.88. The molecule has 8 heteroatoms. The summed E-state index contributed by atoms with van der Waals surface area (Å²) in [5.74, 6) is -0.326. The molecule has 2 aromatic carbocycles. The number of amides is 2. The van der Waals surface area contributed by atoms with Crippen LogP contribution in [-0.2, 0) is 0 Å². The maximum absolute atomic E-state index is 13.0. The number of carbonyl (C=O) groups is 1. The van der Waals surface area contributed by atoms with Crippen LogP contribution in [-0.4, -0.2) is 42.1 Å². The highest BCUT2D eigenvalue weighted by atomic mass is 35.5. The molecule has 0 bridgehead atoms. The van der Waals surface area contributed by atoms with Crippen molar-refractivity contribution in [3.05, 3.63) is 52.8 Å². The Bertz CT molecular complexity index is 944. The lowest BCUT2D eigenvalue weighted by atomic mass is 10.2. The van der Waals surface area contributed by atoms with Gasteiger partial charge in [-0.05, 0) is 42.8 Å². The standard InChI is InChI=1S/C19H18ClFN4OS/c1-12-2-7-15(20)17-16(12)23-19(27-17)25-10-8-24(9-11-25)18(26)22-14-5-3-13(21)4-6-14/h2-7H,8-11H2,1H3,(H,22,26). The molecule has 0 atom stereocenters. The van der Waals surface area contributed by atoms with E-state index in [1.54, 1.807) is 28.4 Å². The molecule has 1 fully saturated rings. The van der Waals surface area contributed by atoms with Gasteiger partial charge in [0.15, 0.2) is 5.13 Å². The molecule has 1 saturated heterocycles. The number of anilines is 2. The van der Waals surface area contributed by atoms with Crippen LogP contribution in [0.3, 0.4) is 0 Å². The number of benzene rings is 2. The van der Waals surface area contributed by atoms with E-state index in [0.717, 1.165) is 25.9 Å². The van der Waals surface area contributed by atoms with E-state index in [1.807, 2.05) is 19.1 Å². The Morgan fingerprint density at radius 3 is 2.52 bits per heavy atom. The Hall–Kier alpha value is -2.38. The van der Waals surface area contributed by atoms with Crippen molar-refractivity contribution in [2.24, 2.45) is 0 Å². The molecular weight excluding hydrogens is 387 g/mol. The van der Waals surface area contributed by atoms with E-state index in [0.29, 0.717) is 31.9 Å². The maximum atomic E-state index is 13.0. The van der Waals surface area contributed by atoms with Crippen LogP contribution in [0.5, 0.6) is 0 Å². The lowest BCUT2D eigenvalue weighted by Gasteiger charge is -2.34. The number of halogens is 2. The number of nitrogens with zero attached hydrogens (tertiary/aromatic N) is 3. The number of urea groups is 1. The molecule has 5 nitrogen and oxygen atoms in total. The van der Waals surface area contributed by atoms with Crippen LogP contribution in [0.15, 0.2) is 36.4 Å². The van der Waals surface area contributed by atoms with Crippen molar-refractivity contribution < 1.29 is 9.18 Å². The first-order valence-corrected chi connectivity index (χ1v) is 9.83. The van der Waals surface area contributed by atoms with Gasteiger partial charge < -0.3 is 15.1 Å². The number of nitrogens with one attached hydrogen (secondary N) is 1. The maximum Gasteiger partial charge on any atom is 0.321 e. The fourth-order valence-electron chi connectivity index (χ4n) is 3.06. The summed E-state index contributed by atoms with van der Waals surface area (Å²) < 4.78 is 14.0. The molecule has 0 spiro atoms. The van der Waals surface area contributed by atoms with Gasteiger partial charge in [0.1, 0.15) is 5.82 Å². The SMILES string of the molecule is Cc1ccc(Cl)c2sc(N3CCN(C(=O)Nc4ccc(F)cc4)CC3)nc12. The van der Waals surface area contributed by atoms with Gasteiger partial charge in [-0.15, -0.1) is 0 Å². The zero-order chi connectivity index (χ0) is 19.0. The van der Waals surface area contributed by atoms with E-state index in [1.165, 1.54) is 12.1 Å². The summed E-state index contributed by atoms with van der Waals surface area (Å²) in [4.78, 5) is 21.1. The van der Waals surface area contributed by atoms with Crippen molar-refractivity contribution in [2.75, 3.05) is 36.4 Å². The topological polar surface area (TPSA) is 48.5 Å². The second-order valence-electron chi connectivity index (χ2n) is 6.45. The molecule has 140 valence electrons. The Balaban J connectivity index is 1.41. The molecule has 3 aromatic rings. The van der Waals surface area contributed by atoms with Crippen LogP contribution in [0.25, 0.3) is 10.2 Å². The first kappa shape index (κ1) is 18.0. The second kappa shape index (κ2) is 7.32. The molecule has 2 heterocycles. The van der Waals surface area contributed by atoms with Crippen LogP contribution in [0.4, 0.5) is 20.0 Å². The number of fused-ring (bicyclic) bond motifs is 1. The predicted octanol–water partition coefficient (Wildman–Crippen LogP) is 4.75. The highest BCUT2D eigenvalue weighted by Crippen LogP contribution is 2.35. The summed E-state index contributed by atoms with van der Waals surface area (Å²) in [6.45, 7) is 4.62. The summed E-state index contributed by atoms with van der Waals surface area (Å²) in [6.07, 6.45) is 0. The van der Waals surface area contributed by atoms with E-state index in [-0.39, 0.29) is 11.8 Å². The van der Waals surface area contributed by atoms with Gasteiger partial charge >= 0.3 is 6.03 Å². The minimum atomic E-state index is -0.326. The quantitative estimate of drug-likeness (QED) is 0.670. The van der Waals surface area contributed by atoms with Gasteiger partial charge in [-0.2, -0.15) is 0 Å². The third-order valence-corrected chi connectivity index (χ3v) is 6.20. The van der Waals surface area contributed by atoms with Gasteiger partial charge in [-0.3, -0.25) is 0 Å². The van der Waals surface area contributed by atoms with Gasteiger partial charge in [0.25, 0.3) is 0 Å². The molecular formula is C19H18ClFN4OS. The van der Waals surface area contributed by atoms with Crippen molar-refractivity contribution in [1.82, 2.24) is 9.88 Å². The number of rotatable bonds is 2. The molecule has 0 radical (unpaired) electrons. The smallest absolute Gasteiger partial charge is 0.321 e. The lowest BCUT2D eigenvalue weighted by Crippen LogP contribution is -2.50. The summed E-state index contributed by atoms with van der Waals surface area (Å²) in [6, 6.07) is 9.46. The number of piperazine rings is 1. The largest absolute Gasteiger partial charge is 0.345 e. The lowest BCUT2D eigenvalue weighted by molar-refractivity contribution is 0.208. The van der Waals surface area contributed by atoms with Crippen LogP contribution in [0, 0.1) is 12.7 Å². The van der Waals surface area contributed by atoms with Gasteiger partial charge in [0.2, 0.25) is 0 Å². The predicted molar refractivity (Wildman–Crippen MR) is 109 cm³/mol. The molecule has 27 heavy (non-hydrogen) atoms. The molecule has 1 aliphatic rings. The molecule has 0 aliphatic carbocycles. The van der Waals surface area contributed by atoms with E-state index in [9.17, 15) is 9.18 Å². The van der Waals surface area contributed by atoms with Crippen LogP contribution >= 0.6 is 22.9 Å². The Labute approximate surface area is 165 Å². The molecule has 1 aromatic heterocycles. The number of carbonyl (C=O) groups excluding carboxylic acids is 1. The summed E-state index contributed by atoms with van der Waals surface area (Å²) in [5, 5.41) is 4.45. The van der Waals surface area contributed by atoms with E-state index in [4.69, 9.17) is 16.6 Å². The van der Waals surface area contributed by atoms with Crippen molar-refractivity contribution in [3.63, 3.8) is 0 Å². The number of aryl methyl sites for hydroxylation is 1. The minimum absolute atomic E-state index is 0.176. The highest BCUT2D eigenvalue weighted by Gasteiger charge is 2.23. The fourth-order valence-corrected chi connectivity index (χ4v) is 4.43. The van der Waals surface area contributed by atoms with Gasteiger partial charge in [0.05, 0.1) is 15.2 Å². The normalized spacial score (nSPS) is 14.6. The third-order valence-electron chi connectivity index (χ3n) is 4.62. The van der Waals surface area contributed by atoms with E-state index in [2.05, 4.69) is 10.2 Å². The van der Waals surface area contributed by atoms with Crippen molar-refractivity contribution >= 4 is 50.0 Å². The molecule has 0 saturated carbocycles. The molecule has 4 rings (SSSR count). The number of hydrogen-bond donors (Lipinski definition) is 1. The molecule has 0 unspecified atom stereocenters. The highest BCUT2D eigenvalue weighted by molar-refractivity contribution is 7.22. The molecule has 2 amide bonds. The number of hydrogen-bond acceptors (Lipinski definition) is 4. The molecule has 1 aliphatic heterocycles. The van der Waals surface area contributed by atoms with Crippen LogP contribution < -0.4 is 10.2 Å². The molecule has 1 N–H and O–H groups in total. The monoisotopic (exact) mass is 404 g/mol.